The first-order valence-corrected chi connectivity index (χ1v) is 10.3. The molecule has 1 amide bonds. The number of aromatic amines is 1. The van der Waals surface area contributed by atoms with Crippen molar-refractivity contribution in [2.75, 3.05) is 13.1 Å². The number of carbonyl (C=O) groups excluding carboxylic acids is 1. The Balaban J connectivity index is 1.25. The molecule has 1 aromatic carbocycles. The summed E-state index contributed by atoms with van der Waals surface area (Å²) in [6, 6.07) is 12.3. The van der Waals surface area contributed by atoms with Gasteiger partial charge in [-0.3, -0.25) is 4.79 Å². The molecule has 4 heterocycles. The molecule has 6 nitrogen and oxygen atoms in total. The van der Waals surface area contributed by atoms with Gasteiger partial charge in [0, 0.05) is 47.4 Å². The highest BCUT2D eigenvalue weighted by atomic mass is 32.1. The van der Waals surface area contributed by atoms with Crippen molar-refractivity contribution >= 4 is 28.1 Å². The highest BCUT2D eigenvalue weighted by molar-refractivity contribution is 7.09. The van der Waals surface area contributed by atoms with E-state index in [4.69, 9.17) is 4.52 Å². The Labute approximate surface area is 166 Å². The Morgan fingerprint density at radius 1 is 1.25 bits per heavy atom. The Morgan fingerprint density at radius 3 is 3.07 bits per heavy atom. The SMILES string of the molecule is O=C1CC(c2noc(Cc3c[nH]c4ccccc34)n2)CN1CCc1cccs1. The maximum Gasteiger partial charge on any atom is 0.231 e. The molecule has 0 spiro atoms. The van der Waals surface area contributed by atoms with Crippen LogP contribution in [0.25, 0.3) is 10.9 Å². The average molecular weight is 392 g/mol. The average Bonchev–Trinajstić information content (AvgIpc) is 3.48. The molecule has 28 heavy (non-hydrogen) atoms. The first-order valence-electron chi connectivity index (χ1n) is 9.44. The number of amides is 1. The fourth-order valence-corrected chi connectivity index (χ4v) is 4.51. The van der Waals surface area contributed by atoms with E-state index in [1.807, 2.05) is 35.4 Å². The van der Waals surface area contributed by atoms with Crippen LogP contribution in [0.3, 0.4) is 0 Å². The molecule has 1 N–H and O–H groups in total. The molecule has 1 aliphatic rings. The Kier molecular flexibility index (Phi) is 4.44. The summed E-state index contributed by atoms with van der Waals surface area (Å²) in [6.45, 7) is 1.41. The zero-order valence-corrected chi connectivity index (χ0v) is 16.1. The van der Waals surface area contributed by atoms with Crippen LogP contribution in [0.4, 0.5) is 0 Å². The van der Waals surface area contributed by atoms with E-state index in [9.17, 15) is 4.79 Å². The predicted molar refractivity (Wildman–Crippen MR) is 107 cm³/mol. The number of hydrogen-bond acceptors (Lipinski definition) is 5. The molecule has 0 aliphatic carbocycles. The van der Waals surface area contributed by atoms with Crippen LogP contribution in [0.15, 0.2) is 52.5 Å². The number of H-pyrrole nitrogens is 1. The van der Waals surface area contributed by atoms with Crippen LogP contribution >= 0.6 is 11.3 Å². The van der Waals surface area contributed by atoms with Crippen LogP contribution in [-0.4, -0.2) is 39.0 Å². The van der Waals surface area contributed by atoms with Crippen LogP contribution in [0.2, 0.25) is 0 Å². The minimum Gasteiger partial charge on any atom is -0.361 e. The number of hydrogen-bond donors (Lipinski definition) is 1. The van der Waals surface area contributed by atoms with Crippen molar-refractivity contribution in [1.29, 1.82) is 0 Å². The molecule has 5 rings (SSSR count). The van der Waals surface area contributed by atoms with Gasteiger partial charge in [-0.05, 0) is 29.5 Å². The van der Waals surface area contributed by atoms with Gasteiger partial charge in [-0.15, -0.1) is 11.3 Å². The molecule has 0 bridgehead atoms. The van der Waals surface area contributed by atoms with Crippen molar-refractivity contribution in [2.45, 2.75) is 25.2 Å². The van der Waals surface area contributed by atoms with Gasteiger partial charge in [0.05, 0.1) is 6.42 Å². The lowest BCUT2D eigenvalue weighted by molar-refractivity contribution is -0.127. The molecule has 1 atom stereocenters. The van der Waals surface area contributed by atoms with Crippen LogP contribution in [-0.2, 0) is 17.6 Å². The third-order valence-corrected chi connectivity index (χ3v) is 6.22. The van der Waals surface area contributed by atoms with Gasteiger partial charge in [0.25, 0.3) is 0 Å². The van der Waals surface area contributed by atoms with Gasteiger partial charge < -0.3 is 14.4 Å². The molecule has 1 unspecified atom stereocenters. The molecular formula is C21H20N4O2S. The Bertz CT molecular complexity index is 1100. The number of aromatic nitrogens is 3. The number of nitrogens with one attached hydrogen (secondary N) is 1. The number of rotatable bonds is 6. The zero-order valence-electron chi connectivity index (χ0n) is 15.3. The summed E-state index contributed by atoms with van der Waals surface area (Å²) in [5.41, 5.74) is 2.23. The van der Waals surface area contributed by atoms with Gasteiger partial charge >= 0.3 is 0 Å². The van der Waals surface area contributed by atoms with Crippen LogP contribution in [0.1, 0.15) is 34.5 Å². The molecule has 7 heteroatoms. The lowest BCUT2D eigenvalue weighted by atomic mass is 10.1. The lowest BCUT2D eigenvalue weighted by Gasteiger charge is -2.15. The van der Waals surface area contributed by atoms with Gasteiger partial charge in [0.1, 0.15) is 0 Å². The molecular weight excluding hydrogens is 372 g/mol. The molecule has 1 aliphatic heterocycles. The van der Waals surface area contributed by atoms with E-state index in [-0.39, 0.29) is 11.8 Å². The van der Waals surface area contributed by atoms with E-state index in [0.717, 1.165) is 29.4 Å². The molecule has 4 aromatic rings. The first-order chi connectivity index (χ1) is 13.8. The second-order valence-electron chi connectivity index (χ2n) is 7.15. The second kappa shape index (κ2) is 7.24. The molecule has 142 valence electrons. The van der Waals surface area contributed by atoms with Gasteiger partial charge in [0.2, 0.25) is 11.8 Å². The minimum atomic E-state index is 0.0105. The van der Waals surface area contributed by atoms with Gasteiger partial charge in [-0.25, -0.2) is 0 Å². The Hall–Kier alpha value is -2.93. The minimum absolute atomic E-state index is 0.0105. The monoisotopic (exact) mass is 392 g/mol. The van der Waals surface area contributed by atoms with E-state index in [1.165, 1.54) is 4.88 Å². The van der Waals surface area contributed by atoms with E-state index >= 15 is 0 Å². The summed E-state index contributed by atoms with van der Waals surface area (Å²) in [6.07, 6.45) is 3.92. The van der Waals surface area contributed by atoms with E-state index in [0.29, 0.717) is 31.1 Å². The summed E-state index contributed by atoms with van der Waals surface area (Å²) >= 11 is 1.73. The summed E-state index contributed by atoms with van der Waals surface area (Å²) in [7, 11) is 0. The zero-order chi connectivity index (χ0) is 18.9. The number of nitrogens with zero attached hydrogens (tertiary/aromatic N) is 3. The summed E-state index contributed by atoms with van der Waals surface area (Å²) in [5, 5.41) is 7.40. The number of fused-ring (bicyclic) bond motifs is 1. The third kappa shape index (κ3) is 3.33. The normalized spacial score (nSPS) is 17.1. The smallest absolute Gasteiger partial charge is 0.231 e. The summed E-state index contributed by atoms with van der Waals surface area (Å²) in [5.74, 6) is 1.41. The number of likely N-dealkylation sites (tertiary alicyclic amines) is 1. The molecule has 0 radical (unpaired) electrons. The number of benzene rings is 1. The highest BCUT2D eigenvalue weighted by Crippen LogP contribution is 2.27. The van der Waals surface area contributed by atoms with Crippen molar-refractivity contribution in [3.63, 3.8) is 0 Å². The molecule has 3 aromatic heterocycles. The van der Waals surface area contributed by atoms with E-state index < -0.39 is 0 Å². The topological polar surface area (TPSA) is 75.0 Å². The van der Waals surface area contributed by atoms with Gasteiger partial charge in [-0.2, -0.15) is 4.98 Å². The molecule has 1 fully saturated rings. The number of para-hydroxylation sites is 1. The maximum absolute atomic E-state index is 12.4. The largest absolute Gasteiger partial charge is 0.361 e. The van der Waals surface area contributed by atoms with Crippen molar-refractivity contribution in [2.24, 2.45) is 0 Å². The Morgan fingerprint density at radius 2 is 2.18 bits per heavy atom. The highest BCUT2D eigenvalue weighted by Gasteiger charge is 2.33. The van der Waals surface area contributed by atoms with Crippen molar-refractivity contribution in [1.82, 2.24) is 20.0 Å². The maximum atomic E-state index is 12.4. The quantitative estimate of drug-likeness (QED) is 0.542. The van der Waals surface area contributed by atoms with Crippen molar-refractivity contribution in [3.05, 3.63) is 70.1 Å². The van der Waals surface area contributed by atoms with E-state index in [2.05, 4.69) is 32.6 Å². The van der Waals surface area contributed by atoms with Crippen LogP contribution in [0.5, 0.6) is 0 Å². The van der Waals surface area contributed by atoms with Crippen LogP contribution < -0.4 is 0 Å². The van der Waals surface area contributed by atoms with Gasteiger partial charge in [0.15, 0.2) is 5.82 Å². The standard InChI is InChI=1S/C21H20N4O2S/c26-20-11-15(13-25(20)8-7-16-4-3-9-28-16)21-23-19(27-24-21)10-14-12-22-18-6-2-1-5-17(14)18/h1-6,9,12,15,22H,7-8,10-11,13H2. The van der Waals surface area contributed by atoms with E-state index in [1.54, 1.807) is 11.3 Å². The summed E-state index contributed by atoms with van der Waals surface area (Å²) in [4.78, 5) is 23.4. The van der Waals surface area contributed by atoms with Crippen molar-refractivity contribution < 1.29 is 9.32 Å². The number of thiophene rings is 1. The van der Waals surface area contributed by atoms with Gasteiger partial charge in [-0.1, -0.05) is 29.4 Å². The van der Waals surface area contributed by atoms with Crippen molar-refractivity contribution in [3.8, 4) is 0 Å². The first kappa shape index (κ1) is 17.2. The fraction of sp³-hybridized carbons (Fsp3) is 0.286. The number of carbonyl (C=O) groups is 1. The van der Waals surface area contributed by atoms with Crippen LogP contribution in [0, 0.1) is 0 Å². The lowest BCUT2D eigenvalue weighted by Crippen LogP contribution is -2.27. The fourth-order valence-electron chi connectivity index (χ4n) is 3.81. The predicted octanol–water partition coefficient (Wildman–Crippen LogP) is 3.76. The third-order valence-electron chi connectivity index (χ3n) is 5.29. The molecule has 0 saturated carbocycles. The second-order valence-corrected chi connectivity index (χ2v) is 8.18. The molecule has 1 saturated heterocycles. The summed E-state index contributed by atoms with van der Waals surface area (Å²) < 4.78 is 5.49.